The first-order valence-corrected chi connectivity index (χ1v) is 6.43. The molecule has 0 amide bonds. The SMILES string of the molecule is COc1c(C(N)c2ccncc2Cl)ccc(C)c1C. The molecule has 0 aliphatic rings. The van der Waals surface area contributed by atoms with E-state index in [1.165, 1.54) is 5.56 Å². The van der Waals surface area contributed by atoms with Gasteiger partial charge in [-0.1, -0.05) is 23.7 Å². The van der Waals surface area contributed by atoms with Crippen LogP contribution in [-0.2, 0) is 0 Å². The van der Waals surface area contributed by atoms with Gasteiger partial charge in [0.1, 0.15) is 5.75 Å². The minimum Gasteiger partial charge on any atom is -0.496 e. The van der Waals surface area contributed by atoms with Gasteiger partial charge >= 0.3 is 0 Å². The number of hydrogen-bond donors (Lipinski definition) is 1. The molecule has 19 heavy (non-hydrogen) atoms. The second kappa shape index (κ2) is 5.59. The van der Waals surface area contributed by atoms with E-state index >= 15 is 0 Å². The first-order chi connectivity index (χ1) is 9.06. The number of benzene rings is 1. The molecule has 1 heterocycles. The maximum absolute atomic E-state index is 6.32. The number of pyridine rings is 1. The summed E-state index contributed by atoms with van der Waals surface area (Å²) in [5, 5.41) is 0.565. The van der Waals surface area contributed by atoms with Gasteiger partial charge in [0.2, 0.25) is 0 Å². The third kappa shape index (κ3) is 2.57. The van der Waals surface area contributed by atoms with Crippen molar-refractivity contribution in [2.45, 2.75) is 19.9 Å². The molecule has 0 fully saturated rings. The van der Waals surface area contributed by atoms with E-state index in [2.05, 4.69) is 4.98 Å². The Bertz CT molecular complexity index is 599. The lowest BCUT2D eigenvalue weighted by Gasteiger charge is -2.19. The first-order valence-electron chi connectivity index (χ1n) is 6.05. The summed E-state index contributed by atoms with van der Waals surface area (Å²) in [5.74, 6) is 0.820. The predicted octanol–water partition coefficient (Wildman–Crippen LogP) is 3.41. The van der Waals surface area contributed by atoms with Crippen molar-refractivity contribution in [1.82, 2.24) is 4.98 Å². The van der Waals surface area contributed by atoms with Crippen molar-refractivity contribution in [3.8, 4) is 5.75 Å². The number of aryl methyl sites for hydroxylation is 1. The normalized spacial score (nSPS) is 12.3. The molecular weight excluding hydrogens is 260 g/mol. The van der Waals surface area contributed by atoms with E-state index in [1.807, 2.05) is 32.0 Å². The summed E-state index contributed by atoms with van der Waals surface area (Å²) in [6.07, 6.45) is 3.29. The molecule has 0 saturated carbocycles. The third-order valence-electron chi connectivity index (χ3n) is 3.39. The molecule has 2 aromatic rings. The fourth-order valence-corrected chi connectivity index (χ4v) is 2.37. The fourth-order valence-electron chi connectivity index (χ4n) is 2.13. The molecule has 1 unspecified atom stereocenters. The van der Waals surface area contributed by atoms with Gasteiger partial charge in [-0.05, 0) is 36.6 Å². The lowest BCUT2D eigenvalue weighted by molar-refractivity contribution is 0.404. The second-order valence-electron chi connectivity index (χ2n) is 4.50. The number of rotatable bonds is 3. The summed E-state index contributed by atoms with van der Waals surface area (Å²) in [7, 11) is 1.66. The number of hydrogen-bond acceptors (Lipinski definition) is 3. The molecule has 0 aliphatic carbocycles. The second-order valence-corrected chi connectivity index (χ2v) is 4.91. The number of nitrogens with two attached hydrogens (primary N) is 1. The summed E-state index contributed by atoms with van der Waals surface area (Å²) in [6, 6.07) is 5.54. The molecule has 0 spiro atoms. The fraction of sp³-hybridized carbons (Fsp3) is 0.267. The van der Waals surface area contributed by atoms with Gasteiger partial charge in [-0.25, -0.2) is 0 Å². The summed E-state index contributed by atoms with van der Waals surface area (Å²) >= 11 is 6.15. The van der Waals surface area contributed by atoms with Gasteiger partial charge < -0.3 is 10.5 Å². The van der Waals surface area contributed by atoms with E-state index < -0.39 is 0 Å². The molecule has 1 aromatic heterocycles. The largest absolute Gasteiger partial charge is 0.496 e. The Morgan fingerprint density at radius 1 is 1.21 bits per heavy atom. The first kappa shape index (κ1) is 13.8. The summed E-state index contributed by atoms with van der Waals surface area (Å²) in [5.41, 5.74) is 10.4. The molecule has 0 radical (unpaired) electrons. The van der Waals surface area contributed by atoms with Crippen molar-refractivity contribution in [3.05, 3.63) is 57.9 Å². The van der Waals surface area contributed by atoms with Gasteiger partial charge in [0, 0.05) is 18.0 Å². The Balaban J connectivity index is 2.53. The Hall–Kier alpha value is -1.58. The molecule has 100 valence electrons. The van der Waals surface area contributed by atoms with Gasteiger partial charge in [0.15, 0.2) is 0 Å². The quantitative estimate of drug-likeness (QED) is 0.935. The van der Waals surface area contributed by atoms with Gasteiger partial charge in [-0.3, -0.25) is 4.98 Å². The van der Waals surface area contributed by atoms with E-state index in [9.17, 15) is 0 Å². The van der Waals surface area contributed by atoms with Crippen LogP contribution in [0.4, 0.5) is 0 Å². The van der Waals surface area contributed by atoms with Gasteiger partial charge in [-0.15, -0.1) is 0 Å². The third-order valence-corrected chi connectivity index (χ3v) is 3.70. The summed E-state index contributed by atoms with van der Waals surface area (Å²) in [6.45, 7) is 4.07. The standard InChI is InChI=1S/C15H17ClN2O/c1-9-4-5-12(15(19-3)10(9)2)14(17)11-6-7-18-8-13(11)16/h4-8,14H,17H2,1-3H3. The van der Waals surface area contributed by atoms with Crippen LogP contribution in [0.5, 0.6) is 5.75 Å². The predicted molar refractivity (Wildman–Crippen MR) is 77.7 cm³/mol. The average Bonchev–Trinajstić information content (AvgIpc) is 2.41. The van der Waals surface area contributed by atoms with Crippen LogP contribution in [0.3, 0.4) is 0 Å². The van der Waals surface area contributed by atoms with Crippen molar-refractivity contribution < 1.29 is 4.74 Å². The molecule has 1 aromatic carbocycles. The lowest BCUT2D eigenvalue weighted by Crippen LogP contribution is -2.14. The summed E-state index contributed by atoms with van der Waals surface area (Å²) in [4.78, 5) is 3.98. The van der Waals surface area contributed by atoms with E-state index in [1.54, 1.807) is 19.5 Å². The van der Waals surface area contributed by atoms with E-state index in [4.69, 9.17) is 22.1 Å². The van der Waals surface area contributed by atoms with Crippen LogP contribution >= 0.6 is 11.6 Å². The number of aromatic nitrogens is 1. The zero-order valence-electron chi connectivity index (χ0n) is 11.3. The highest BCUT2D eigenvalue weighted by Crippen LogP contribution is 2.34. The van der Waals surface area contributed by atoms with Crippen LogP contribution in [0.1, 0.15) is 28.3 Å². The molecule has 0 bridgehead atoms. The van der Waals surface area contributed by atoms with Crippen LogP contribution in [0, 0.1) is 13.8 Å². The highest BCUT2D eigenvalue weighted by molar-refractivity contribution is 6.31. The molecule has 3 nitrogen and oxygen atoms in total. The zero-order chi connectivity index (χ0) is 14.0. The highest BCUT2D eigenvalue weighted by Gasteiger charge is 2.18. The minimum absolute atomic E-state index is 0.329. The van der Waals surface area contributed by atoms with Crippen molar-refractivity contribution >= 4 is 11.6 Å². The van der Waals surface area contributed by atoms with E-state index in [-0.39, 0.29) is 6.04 Å². The molecule has 1 atom stereocenters. The number of ether oxygens (including phenoxy) is 1. The van der Waals surface area contributed by atoms with Gasteiger partial charge in [0.05, 0.1) is 18.2 Å². The Labute approximate surface area is 118 Å². The number of halogens is 1. The minimum atomic E-state index is -0.329. The molecule has 0 aliphatic heterocycles. The number of nitrogens with zero attached hydrogens (tertiary/aromatic N) is 1. The van der Waals surface area contributed by atoms with E-state index in [0.29, 0.717) is 5.02 Å². The van der Waals surface area contributed by atoms with E-state index in [0.717, 1.165) is 22.4 Å². The van der Waals surface area contributed by atoms with Crippen LogP contribution < -0.4 is 10.5 Å². The molecule has 4 heteroatoms. The molecule has 2 N–H and O–H groups in total. The van der Waals surface area contributed by atoms with Crippen molar-refractivity contribution in [3.63, 3.8) is 0 Å². The highest BCUT2D eigenvalue weighted by atomic mass is 35.5. The topological polar surface area (TPSA) is 48.1 Å². The zero-order valence-corrected chi connectivity index (χ0v) is 12.0. The monoisotopic (exact) mass is 276 g/mol. The van der Waals surface area contributed by atoms with Gasteiger partial charge in [0.25, 0.3) is 0 Å². The van der Waals surface area contributed by atoms with Crippen LogP contribution in [0.25, 0.3) is 0 Å². The Morgan fingerprint density at radius 2 is 1.95 bits per heavy atom. The average molecular weight is 277 g/mol. The lowest BCUT2D eigenvalue weighted by atomic mass is 9.95. The van der Waals surface area contributed by atoms with Crippen LogP contribution in [-0.4, -0.2) is 12.1 Å². The van der Waals surface area contributed by atoms with Gasteiger partial charge in [-0.2, -0.15) is 0 Å². The summed E-state index contributed by atoms with van der Waals surface area (Å²) < 4.78 is 5.50. The number of methoxy groups -OCH3 is 1. The smallest absolute Gasteiger partial charge is 0.127 e. The Morgan fingerprint density at radius 3 is 2.58 bits per heavy atom. The van der Waals surface area contributed by atoms with Crippen molar-refractivity contribution in [1.29, 1.82) is 0 Å². The maximum atomic E-state index is 6.32. The van der Waals surface area contributed by atoms with Crippen LogP contribution in [0.15, 0.2) is 30.6 Å². The molecule has 2 rings (SSSR count). The van der Waals surface area contributed by atoms with Crippen molar-refractivity contribution in [2.75, 3.05) is 7.11 Å². The molecular formula is C15H17ClN2O. The molecule has 0 saturated heterocycles. The van der Waals surface area contributed by atoms with Crippen LogP contribution in [0.2, 0.25) is 5.02 Å². The Kier molecular flexibility index (Phi) is 4.08. The van der Waals surface area contributed by atoms with Crippen molar-refractivity contribution in [2.24, 2.45) is 5.73 Å². The maximum Gasteiger partial charge on any atom is 0.127 e.